The van der Waals surface area contributed by atoms with Crippen LogP contribution in [0, 0.1) is 49.2 Å². The summed E-state index contributed by atoms with van der Waals surface area (Å²) in [6.45, 7) is 3.25. The van der Waals surface area contributed by atoms with E-state index in [9.17, 15) is 18.4 Å². The summed E-state index contributed by atoms with van der Waals surface area (Å²) >= 11 is 0. The van der Waals surface area contributed by atoms with E-state index in [-0.39, 0.29) is 98.7 Å². The number of fused-ring (bicyclic) bond motifs is 1. The zero-order chi connectivity index (χ0) is 21.6. The normalized spacial score (nSPS) is 12.6. The molecule has 0 aliphatic heterocycles. The summed E-state index contributed by atoms with van der Waals surface area (Å²) in [6.07, 6.45) is 6.04. The number of rotatable bonds is 2. The molecule has 6 nitrogen and oxygen atoms in total. The van der Waals surface area contributed by atoms with E-state index in [1.54, 1.807) is 13.8 Å². The molecule has 1 aliphatic carbocycles. The van der Waals surface area contributed by atoms with Gasteiger partial charge in [-0.2, -0.15) is 5.26 Å². The minimum atomic E-state index is -1.31. The predicted molar refractivity (Wildman–Crippen MR) is 111 cm³/mol. The Morgan fingerprint density at radius 1 is 1.26 bits per heavy atom. The van der Waals surface area contributed by atoms with Crippen molar-refractivity contribution >= 4 is 22.7 Å². The van der Waals surface area contributed by atoms with E-state index >= 15 is 0 Å². The second-order valence-electron chi connectivity index (χ2n) is 6.75. The second kappa shape index (κ2) is 13.9. The molecule has 1 aliphatic rings. The number of hydrogen-bond donors (Lipinski definition) is 3. The van der Waals surface area contributed by atoms with Crippen molar-refractivity contribution in [1.29, 1.82) is 5.26 Å². The van der Waals surface area contributed by atoms with Crippen LogP contribution in [0.3, 0.4) is 0 Å². The Balaban J connectivity index is 0.000000575. The molecule has 1 aromatic carbocycles. The van der Waals surface area contributed by atoms with Gasteiger partial charge in [-0.25, -0.2) is 8.78 Å². The fourth-order valence-electron chi connectivity index (χ4n) is 3.36. The smallest absolute Gasteiger partial charge is 0.365 e. The summed E-state index contributed by atoms with van der Waals surface area (Å²) < 4.78 is 26.7. The van der Waals surface area contributed by atoms with Gasteiger partial charge in [0, 0.05) is 17.1 Å². The molecule has 160 valence electrons. The van der Waals surface area contributed by atoms with Crippen molar-refractivity contribution in [2.75, 3.05) is 0 Å². The molecule has 9 heteroatoms. The number of nitrogens with zero attached hydrogens (tertiary/aromatic N) is 1. The molecule has 0 saturated heterocycles. The first-order valence-corrected chi connectivity index (χ1v) is 9.23. The van der Waals surface area contributed by atoms with Crippen molar-refractivity contribution in [1.82, 2.24) is 10.3 Å². The van der Waals surface area contributed by atoms with Crippen molar-refractivity contribution in [3.05, 3.63) is 41.9 Å². The Hall–Kier alpha value is -1.34. The van der Waals surface area contributed by atoms with Crippen LogP contribution in [0.25, 0.3) is 10.9 Å². The van der Waals surface area contributed by atoms with E-state index in [1.165, 1.54) is 19.3 Å². The fraction of sp³-hybridized carbons (Fsp3) is 0.364. The van der Waals surface area contributed by atoms with Gasteiger partial charge in [-0.05, 0) is 38.7 Å². The van der Waals surface area contributed by atoms with Gasteiger partial charge in [0.1, 0.15) is 11.6 Å². The molecule has 0 bridgehead atoms. The number of amides is 2. The summed E-state index contributed by atoms with van der Waals surface area (Å²) in [7, 11) is 0. The minimum Gasteiger partial charge on any atom is -0.365 e. The van der Waals surface area contributed by atoms with Gasteiger partial charge in [-0.1, -0.05) is 25.2 Å². The molecule has 0 unspecified atom stereocenters. The number of benzene rings is 1. The standard InChI is InChI=1S/C11H7F2N3O.C10H15NO.CH3.Cs/c1-4-6(3-14)5-2-7(12)9(13)8(11(15)17)10(5)16-4;1-2-6-10(12)11-9-7-4-3-5-8-9;;/h2,16H,1H3,(H2,15,17);9H,3-5,7-8H2,1H3,(H,11,12);1H3;/q;;-1;+1. The zero-order valence-corrected chi connectivity index (χ0v) is 24.6. The number of hydrogen-bond acceptors (Lipinski definition) is 3. The van der Waals surface area contributed by atoms with Crippen molar-refractivity contribution < 1.29 is 87.3 Å². The molecule has 0 spiro atoms. The van der Waals surface area contributed by atoms with Crippen LogP contribution in [0.15, 0.2) is 6.07 Å². The van der Waals surface area contributed by atoms with Crippen LogP contribution in [0.1, 0.15) is 60.6 Å². The number of nitrogens with two attached hydrogens (primary N) is 1. The average molecular weight is 548 g/mol. The quantitative estimate of drug-likeness (QED) is 0.379. The Morgan fingerprint density at radius 3 is 2.39 bits per heavy atom. The van der Waals surface area contributed by atoms with Crippen molar-refractivity contribution in [3.8, 4) is 17.9 Å². The number of nitriles is 1. The largest absolute Gasteiger partial charge is 1.00 e. The van der Waals surface area contributed by atoms with Crippen LogP contribution in [0.4, 0.5) is 8.78 Å². The summed E-state index contributed by atoms with van der Waals surface area (Å²) in [4.78, 5) is 24.8. The van der Waals surface area contributed by atoms with Gasteiger partial charge >= 0.3 is 68.9 Å². The average Bonchev–Trinajstić information content (AvgIpc) is 2.98. The second-order valence-corrected chi connectivity index (χ2v) is 6.75. The number of aryl methyl sites for hydroxylation is 1. The number of carbonyl (C=O) groups is 2. The van der Waals surface area contributed by atoms with Gasteiger partial charge in [0.15, 0.2) is 11.6 Å². The number of primary amides is 1. The molecular formula is C22H25CsF2N4O2. The molecule has 4 N–H and O–H groups in total. The van der Waals surface area contributed by atoms with Crippen LogP contribution >= 0.6 is 0 Å². The van der Waals surface area contributed by atoms with E-state index in [0.717, 1.165) is 18.9 Å². The predicted octanol–water partition coefficient (Wildman–Crippen LogP) is 0.638. The maximum absolute atomic E-state index is 13.4. The third-order valence-corrected chi connectivity index (χ3v) is 4.71. The van der Waals surface area contributed by atoms with Crippen LogP contribution in [-0.4, -0.2) is 22.8 Å². The van der Waals surface area contributed by atoms with Gasteiger partial charge < -0.3 is 23.5 Å². The molecule has 0 atom stereocenters. The number of H-pyrrole nitrogens is 1. The van der Waals surface area contributed by atoms with Gasteiger partial charge in [0.05, 0.1) is 11.1 Å². The first-order valence-electron chi connectivity index (χ1n) is 9.23. The van der Waals surface area contributed by atoms with Crippen LogP contribution in [0.5, 0.6) is 0 Å². The van der Waals surface area contributed by atoms with E-state index in [4.69, 9.17) is 11.0 Å². The molecule has 0 radical (unpaired) electrons. The fourth-order valence-corrected chi connectivity index (χ4v) is 3.36. The van der Waals surface area contributed by atoms with Crippen molar-refractivity contribution in [3.63, 3.8) is 0 Å². The van der Waals surface area contributed by atoms with Gasteiger partial charge in [0.25, 0.3) is 11.8 Å². The summed E-state index contributed by atoms with van der Waals surface area (Å²) in [6, 6.07) is 3.11. The monoisotopic (exact) mass is 548 g/mol. The van der Waals surface area contributed by atoms with E-state index < -0.39 is 23.1 Å². The number of halogens is 2. The van der Waals surface area contributed by atoms with E-state index in [0.29, 0.717) is 11.7 Å². The maximum Gasteiger partial charge on any atom is 1.00 e. The van der Waals surface area contributed by atoms with E-state index in [2.05, 4.69) is 22.1 Å². The van der Waals surface area contributed by atoms with Gasteiger partial charge in [0.2, 0.25) is 0 Å². The Kier molecular flexibility index (Phi) is 13.3. The SMILES string of the molecule is CC#CC(=O)NC1CCCCC1.Cc1[nH]c2c(C(N)=O)c(F)c(F)cc2c1C#N.[CH3-].[Cs+]. The molecule has 31 heavy (non-hydrogen) atoms. The molecule has 3 rings (SSSR count). The van der Waals surface area contributed by atoms with Crippen molar-refractivity contribution in [2.24, 2.45) is 5.73 Å². The van der Waals surface area contributed by atoms with Crippen LogP contribution in [0.2, 0.25) is 0 Å². The van der Waals surface area contributed by atoms with Crippen LogP contribution in [-0.2, 0) is 4.79 Å². The molecule has 2 amide bonds. The summed E-state index contributed by atoms with van der Waals surface area (Å²) in [5, 5.41) is 12.0. The molecule has 1 heterocycles. The number of aromatic nitrogens is 1. The van der Waals surface area contributed by atoms with Gasteiger partial charge in [-0.15, -0.1) is 0 Å². The van der Waals surface area contributed by atoms with E-state index in [1.807, 2.05) is 6.07 Å². The number of aromatic amines is 1. The number of nitrogens with one attached hydrogen (secondary N) is 2. The third kappa shape index (κ3) is 7.63. The third-order valence-electron chi connectivity index (χ3n) is 4.71. The molecular weight excluding hydrogens is 523 g/mol. The minimum absolute atomic E-state index is 0. The van der Waals surface area contributed by atoms with Gasteiger partial charge in [-0.3, -0.25) is 9.59 Å². The number of carbonyl (C=O) groups excluding carboxylic acids is 2. The Bertz CT molecular complexity index is 1040. The van der Waals surface area contributed by atoms with Crippen molar-refractivity contribution in [2.45, 2.75) is 52.0 Å². The summed E-state index contributed by atoms with van der Waals surface area (Å²) in [5.41, 5.74) is 5.08. The zero-order valence-electron chi connectivity index (χ0n) is 18.3. The van der Waals surface area contributed by atoms with Crippen LogP contribution < -0.4 is 79.9 Å². The molecule has 2 aromatic rings. The molecule has 1 aromatic heterocycles. The first kappa shape index (κ1) is 29.7. The summed E-state index contributed by atoms with van der Waals surface area (Å²) in [5.74, 6) is 1.37. The first-order chi connectivity index (χ1) is 13.8. The molecule has 1 saturated carbocycles. The molecule has 1 fully saturated rings. The Morgan fingerprint density at radius 2 is 1.87 bits per heavy atom. The Labute approximate surface area is 240 Å². The topological polar surface area (TPSA) is 112 Å². The maximum atomic E-state index is 13.4.